The third-order valence-corrected chi connectivity index (χ3v) is 3.28. The van der Waals surface area contributed by atoms with Crippen molar-refractivity contribution in [2.45, 2.75) is 45.8 Å². The van der Waals surface area contributed by atoms with Crippen LogP contribution in [0.15, 0.2) is 24.3 Å². The maximum Gasteiger partial charge on any atom is 0.408 e. The van der Waals surface area contributed by atoms with E-state index in [2.05, 4.69) is 17.2 Å². The van der Waals surface area contributed by atoms with Gasteiger partial charge < -0.3 is 19.7 Å². The first-order valence-corrected chi connectivity index (χ1v) is 8.44. The molecule has 0 aliphatic carbocycles. The average Bonchev–Trinajstić information content (AvgIpc) is 2.53. The highest BCUT2D eigenvalue weighted by molar-refractivity contribution is 5.85. The molecule has 1 aromatic carbocycles. The van der Waals surface area contributed by atoms with Gasteiger partial charge in [-0.05, 0) is 45.4 Å². The van der Waals surface area contributed by atoms with Crippen molar-refractivity contribution in [2.24, 2.45) is 0 Å². The molecule has 1 rings (SSSR count). The number of rotatable bonds is 6. The van der Waals surface area contributed by atoms with Crippen LogP contribution in [0.25, 0.3) is 0 Å². The second kappa shape index (κ2) is 9.71. The van der Waals surface area contributed by atoms with E-state index in [0.29, 0.717) is 18.8 Å². The summed E-state index contributed by atoms with van der Waals surface area (Å²) in [4.78, 5) is 25.9. The molecule has 1 atom stereocenters. The highest BCUT2D eigenvalue weighted by Gasteiger charge is 2.25. The van der Waals surface area contributed by atoms with Gasteiger partial charge in [0.25, 0.3) is 0 Å². The van der Waals surface area contributed by atoms with E-state index in [4.69, 9.17) is 9.47 Å². The Balaban J connectivity index is 2.80. The number of alkyl carbamates (subject to hydrolysis) is 1. The Morgan fingerprint density at radius 1 is 1.19 bits per heavy atom. The van der Waals surface area contributed by atoms with E-state index in [9.17, 15) is 9.59 Å². The minimum absolute atomic E-state index is 0.200. The van der Waals surface area contributed by atoms with Gasteiger partial charge in [-0.1, -0.05) is 18.1 Å². The average molecular weight is 360 g/mol. The summed E-state index contributed by atoms with van der Waals surface area (Å²) in [5.74, 6) is 6.09. The van der Waals surface area contributed by atoms with Gasteiger partial charge in [-0.3, -0.25) is 4.79 Å². The first-order chi connectivity index (χ1) is 12.1. The summed E-state index contributed by atoms with van der Waals surface area (Å²) in [7, 11) is 3.30. The van der Waals surface area contributed by atoms with Crippen molar-refractivity contribution in [3.05, 3.63) is 29.8 Å². The van der Waals surface area contributed by atoms with E-state index in [0.717, 1.165) is 5.56 Å². The zero-order valence-electron chi connectivity index (χ0n) is 16.4. The van der Waals surface area contributed by atoms with Crippen LogP contribution in [0.5, 0.6) is 5.75 Å². The molecule has 0 bridgehead atoms. The summed E-state index contributed by atoms with van der Waals surface area (Å²) in [5.41, 5.74) is 0.270. The van der Waals surface area contributed by atoms with Crippen LogP contribution in [0.1, 0.15) is 33.3 Å². The molecule has 0 aliphatic heterocycles. The quantitative estimate of drug-likeness (QED) is 0.792. The number of hydrogen-bond donors (Lipinski definition) is 1. The van der Waals surface area contributed by atoms with Gasteiger partial charge in [0.2, 0.25) is 5.91 Å². The predicted octanol–water partition coefficient (Wildman–Crippen LogP) is 2.61. The van der Waals surface area contributed by atoms with Crippen LogP contribution in [0, 0.1) is 11.8 Å². The Morgan fingerprint density at radius 2 is 1.81 bits per heavy atom. The third-order valence-electron chi connectivity index (χ3n) is 3.28. The van der Waals surface area contributed by atoms with Gasteiger partial charge in [0.15, 0.2) is 0 Å². The van der Waals surface area contributed by atoms with Gasteiger partial charge in [0, 0.05) is 20.5 Å². The molecule has 1 aromatic rings. The fraction of sp³-hybridized carbons (Fsp3) is 0.500. The number of amides is 2. The molecule has 0 saturated heterocycles. The van der Waals surface area contributed by atoms with Gasteiger partial charge in [-0.15, -0.1) is 5.92 Å². The Morgan fingerprint density at radius 3 is 2.31 bits per heavy atom. The van der Waals surface area contributed by atoms with Crippen molar-refractivity contribution in [3.63, 3.8) is 0 Å². The first-order valence-electron chi connectivity index (χ1n) is 8.44. The van der Waals surface area contributed by atoms with E-state index in [1.807, 2.05) is 24.3 Å². The molecule has 0 aliphatic rings. The summed E-state index contributed by atoms with van der Waals surface area (Å²) < 4.78 is 10.7. The van der Waals surface area contributed by atoms with Crippen molar-refractivity contribution in [2.75, 3.05) is 20.7 Å². The van der Waals surface area contributed by atoms with Crippen LogP contribution in [0.2, 0.25) is 0 Å². The highest BCUT2D eigenvalue weighted by Crippen LogP contribution is 2.14. The molecule has 1 N–H and O–H groups in total. The molecular weight excluding hydrogens is 332 g/mol. The maximum absolute atomic E-state index is 12.4. The Bertz CT molecular complexity index is 664. The molecule has 0 unspecified atom stereocenters. The number of nitrogens with one attached hydrogen (secondary N) is 1. The third kappa shape index (κ3) is 7.93. The predicted molar refractivity (Wildman–Crippen MR) is 101 cm³/mol. The Labute approximate surface area is 155 Å². The van der Waals surface area contributed by atoms with Crippen molar-refractivity contribution in [1.29, 1.82) is 0 Å². The zero-order chi connectivity index (χ0) is 19.7. The van der Waals surface area contributed by atoms with Crippen LogP contribution >= 0.6 is 0 Å². The smallest absolute Gasteiger partial charge is 0.408 e. The van der Waals surface area contributed by atoms with Crippen molar-refractivity contribution >= 4 is 12.0 Å². The van der Waals surface area contributed by atoms with Crippen molar-refractivity contribution in [1.82, 2.24) is 10.2 Å². The molecule has 0 spiro atoms. The van der Waals surface area contributed by atoms with E-state index in [1.165, 1.54) is 4.90 Å². The van der Waals surface area contributed by atoms with Crippen LogP contribution in [-0.2, 0) is 16.0 Å². The lowest BCUT2D eigenvalue weighted by atomic mass is 10.0. The maximum atomic E-state index is 12.4. The summed E-state index contributed by atoms with van der Waals surface area (Å²) in [6.07, 6.45) is -0.263. The lowest BCUT2D eigenvalue weighted by Gasteiger charge is -2.25. The van der Waals surface area contributed by atoms with Crippen LogP contribution in [0.4, 0.5) is 4.79 Å². The SMILES string of the molecule is CC#CCOc1ccc(C[C@H](NC(=O)OC(C)(C)C)C(=O)N(C)C)cc1. The lowest BCUT2D eigenvalue weighted by Crippen LogP contribution is -2.48. The number of hydrogen-bond acceptors (Lipinski definition) is 4. The van der Waals surface area contributed by atoms with Gasteiger partial charge in [-0.25, -0.2) is 4.79 Å². The standard InChI is InChI=1S/C20H28N2O4/c1-7-8-13-25-16-11-9-15(10-12-16)14-17(18(23)22(5)6)21-19(24)26-20(2,3)4/h9-12,17H,13-14H2,1-6H3,(H,21,24)/t17-/m0/s1. The summed E-state index contributed by atoms with van der Waals surface area (Å²) >= 11 is 0. The van der Waals surface area contributed by atoms with E-state index >= 15 is 0 Å². The number of carbonyl (C=O) groups is 2. The topological polar surface area (TPSA) is 67.9 Å². The van der Waals surface area contributed by atoms with Crippen LogP contribution in [0.3, 0.4) is 0 Å². The zero-order valence-corrected chi connectivity index (χ0v) is 16.4. The van der Waals surface area contributed by atoms with Gasteiger partial charge >= 0.3 is 6.09 Å². The first kappa shape index (κ1) is 21.4. The lowest BCUT2D eigenvalue weighted by molar-refractivity contribution is -0.130. The van der Waals surface area contributed by atoms with E-state index in [1.54, 1.807) is 41.8 Å². The van der Waals surface area contributed by atoms with Crippen molar-refractivity contribution < 1.29 is 19.1 Å². The van der Waals surface area contributed by atoms with E-state index < -0.39 is 17.7 Å². The molecule has 0 aromatic heterocycles. The number of likely N-dealkylation sites (N-methyl/N-ethyl adjacent to an activating group) is 1. The highest BCUT2D eigenvalue weighted by atomic mass is 16.6. The normalized spacial score (nSPS) is 11.6. The minimum atomic E-state index is -0.711. The minimum Gasteiger partial charge on any atom is -0.481 e. The number of benzene rings is 1. The van der Waals surface area contributed by atoms with Crippen LogP contribution in [-0.4, -0.2) is 49.2 Å². The van der Waals surface area contributed by atoms with E-state index in [-0.39, 0.29) is 5.91 Å². The molecule has 0 radical (unpaired) electrons. The molecule has 6 nitrogen and oxygen atoms in total. The molecular formula is C20H28N2O4. The summed E-state index contributed by atoms with van der Waals surface area (Å²) in [6, 6.07) is 6.65. The van der Waals surface area contributed by atoms with Gasteiger partial charge in [0.05, 0.1) is 0 Å². The monoisotopic (exact) mass is 360 g/mol. The molecule has 142 valence electrons. The number of carbonyl (C=O) groups excluding carboxylic acids is 2. The molecule has 0 fully saturated rings. The molecule has 2 amide bonds. The second-order valence-electron chi connectivity index (χ2n) is 7.00. The van der Waals surface area contributed by atoms with Crippen molar-refractivity contribution in [3.8, 4) is 17.6 Å². The second-order valence-corrected chi connectivity index (χ2v) is 7.00. The Kier molecular flexibility index (Phi) is 7.98. The molecule has 26 heavy (non-hydrogen) atoms. The number of nitrogens with zero attached hydrogens (tertiary/aromatic N) is 1. The van der Waals surface area contributed by atoms with Crippen LogP contribution < -0.4 is 10.1 Å². The fourth-order valence-electron chi connectivity index (χ4n) is 2.11. The molecule has 6 heteroatoms. The van der Waals surface area contributed by atoms with Gasteiger partial charge in [0.1, 0.15) is 24.0 Å². The van der Waals surface area contributed by atoms with Gasteiger partial charge in [-0.2, -0.15) is 0 Å². The molecule has 0 heterocycles. The Hall–Kier alpha value is -2.68. The molecule has 0 saturated carbocycles. The number of ether oxygens (including phenoxy) is 2. The summed E-state index contributed by atoms with van der Waals surface area (Å²) in [5, 5.41) is 2.66. The fourth-order valence-corrected chi connectivity index (χ4v) is 2.11. The summed E-state index contributed by atoms with van der Waals surface area (Å²) in [6.45, 7) is 7.41. The largest absolute Gasteiger partial charge is 0.481 e.